The number of hydrogen-bond acceptors (Lipinski definition) is 15. The van der Waals surface area contributed by atoms with Crippen LogP contribution in [0.2, 0.25) is 0 Å². The molecule has 8 N–H and O–H groups in total. The Kier molecular flexibility index (Phi) is 43.5. The topological polar surface area (TPSA) is 354 Å². The second-order valence-electron chi connectivity index (χ2n) is 19.1. The second-order valence-corrected chi connectivity index (χ2v) is 19.1. The number of carbonyl (C=O) groups excluding carboxylic acids is 7. The van der Waals surface area contributed by atoms with Gasteiger partial charge in [-0.25, -0.2) is 9.59 Å². The molecule has 0 rings (SSSR count). The van der Waals surface area contributed by atoms with Crippen LogP contribution in [0.4, 0.5) is 0 Å². The van der Waals surface area contributed by atoms with Crippen LogP contribution >= 0.6 is 0 Å². The lowest BCUT2D eigenvalue weighted by molar-refractivity contribution is -0.145. The van der Waals surface area contributed by atoms with Gasteiger partial charge in [0.2, 0.25) is 23.6 Å². The average Bonchev–Trinajstić information content (AvgIpc) is 3.36. The Morgan fingerprint density at radius 1 is 0.408 bits per heavy atom. The molecule has 1 unspecified atom stereocenters. The summed E-state index contributed by atoms with van der Waals surface area (Å²) in [5.41, 5.74) is 0. The van der Waals surface area contributed by atoms with Crippen LogP contribution in [0.25, 0.3) is 0 Å². The maximum Gasteiger partial charge on any atom is 0.326 e. The molecule has 4 amide bonds. The van der Waals surface area contributed by atoms with Crippen molar-refractivity contribution in [2.24, 2.45) is 11.8 Å². The van der Waals surface area contributed by atoms with Crippen LogP contribution in [0.1, 0.15) is 182 Å². The number of carboxylic acids is 4. The lowest BCUT2D eigenvalue weighted by atomic mass is 9.94. The summed E-state index contributed by atoms with van der Waals surface area (Å²) >= 11 is 0. The van der Waals surface area contributed by atoms with Crippen LogP contribution in [0, 0.1) is 11.8 Å². The van der Waals surface area contributed by atoms with E-state index in [1.54, 1.807) is 0 Å². The molecule has 0 saturated heterocycles. The van der Waals surface area contributed by atoms with Gasteiger partial charge in [-0.3, -0.25) is 43.2 Å². The molecule has 0 saturated carbocycles. The number of rotatable bonds is 54. The Hall–Kier alpha value is -5.39. The van der Waals surface area contributed by atoms with Crippen LogP contribution in [-0.4, -0.2) is 163 Å². The third-order valence-corrected chi connectivity index (χ3v) is 12.4. The van der Waals surface area contributed by atoms with Crippen LogP contribution in [-0.2, 0) is 71.7 Å². The summed E-state index contributed by atoms with van der Waals surface area (Å²) in [5, 5.41) is 47.4. The zero-order valence-corrected chi connectivity index (χ0v) is 45.2. The summed E-state index contributed by atoms with van der Waals surface area (Å²) < 4.78 is 21.4. The fourth-order valence-electron chi connectivity index (χ4n) is 7.60. The lowest BCUT2D eigenvalue weighted by Crippen LogP contribution is -2.42. The SMILES string of the molecule is CC(=O)C(C)CCCCNC(=O)CC[C@H](CC(=O)CC[C@H](NC(=O)COCCOCCCC(=O)COCCOCCNC(=O)CC[C@H](NC(=O)CCCCCCCCCCCCCCC(=O)O)C(=O)O)C(=O)O)C(=O)O.[HH]. The van der Waals surface area contributed by atoms with Crippen molar-refractivity contribution in [1.29, 1.82) is 0 Å². The average molecular weight is 1090 g/mol. The molecule has 0 radical (unpaired) electrons. The number of ketones is 3. The molecule has 0 aromatic heterocycles. The number of nitrogens with one attached hydrogen (secondary N) is 4. The third kappa shape index (κ3) is 43.8. The van der Waals surface area contributed by atoms with Crippen LogP contribution < -0.4 is 21.3 Å². The Bertz CT molecular complexity index is 1740. The van der Waals surface area contributed by atoms with Crippen LogP contribution in [0.15, 0.2) is 0 Å². The van der Waals surface area contributed by atoms with Gasteiger partial charge in [-0.15, -0.1) is 0 Å². The highest BCUT2D eigenvalue weighted by Gasteiger charge is 2.26. The fourth-order valence-corrected chi connectivity index (χ4v) is 7.60. The molecule has 0 aromatic rings. The van der Waals surface area contributed by atoms with E-state index < -0.39 is 66.6 Å². The highest BCUT2D eigenvalue weighted by Crippen LogP contribution is 2.16. The van der Waals surface area contributed by atoms with Crippen molar-refractivity contribution < 1.29 is 93.5 Å². The first-order valence-corrected chi connectivity index (χ1v) is 27.2. The molecule has 23 heteroatoms. The maximum absolute atomic E-state index is 12.6. The minimum Gasteiger partial charge on any atom is -0.481 e. The van der Waals surface area contributed by atoms with Gasteiger partial charge < -0.3 is 60.6 Å². The van der Waals surface area contributed by atoms with E-state index in [1.807, 2.05) is 6.92 Å². The van der Waals surface area contributed by atoms with Gasteiger partial charge >= 0.3 is 23.9 Å². The molecule has 0 aliphatic carbocycles. The highest BCUT2D eigenvalue weighted by atomic mass is 16.5. The van der Waals surface area contributed by atoms with E-state index in [9.17, 15) is 68.1 Å². The molecule has 0 aromatic carbocycles. The first kappa shape index (κ1) is 70.6. The van der Waals surface area contributed by atoms with Gasteiger partial charge in [0.15, 0.2) is 5.78 Å². The van der Waals surface area contributed by atoms with E-state index in [-0.39, 0.29) is 147 Å². The zero-order chi connectivity index (χ0) is 56.8. The van der Waals surface area contributed by atoms with Crippen LogP contribution in [0.5, 0.6) is 0 Å². The summed E-state index contributed by atoms with van der Waals surface area (Å²) in [5.74, 6) is -8.24. The standard InChI is InChI=1S/C53H90N4O19.H2/c1-39(40(2)58)18-15-16-28-54-46(61)26-22-41(51(67)68)36-42(59)23-24-44(52(69)70)57-49(64)38-76-35-32-73-30-17-19-43(60)37-75-34-33-74-31-29-55-47(62)27-25-45(53(71)72)56-48(63)20-13-11-9-7-5-3-4-6-8-10-12-14-21-50(65)66;/h39,41,44-45H,3-38H2,1-2H3,(H,54,61)(H,55,62)(H,56,63)(H,57,64)(H,65,66)(H,67,68)(H,69,70)(H,71,72);1H/t39?,41-,44+,45+;/m1./s1. The number of unbranched alkanes of at least 4 members (excludes halogenated alkanes) is 12. The first-order chi connectivity index (χ1) is 36.3. The highest BCUT2D eigenvalue weighted by molar-refractivity contribution is 5.87. The summed E-state index contributed by atoms with van der Waals surface area (Å²) in [7, 11) is 0. The van der Waals surface area contributed by atoms with Crippen molar-refractivity contribution in [3.05, 3.63) is 0 Å². The molecule has 23 nitrogen and oxygen atoms in total. The number of carbonyl (C=O) groups is 11. The number of Topliss-reactive ketones (excluding diaryl/α,β-unsaturated/α-hetero) is 3. The Morgan fingerprint density at radius 2 is 0.895 bits per heavy atom. The predicted molar refractivity (Wildman–Crippen MR) is 279 cm³/mol. The summed E-state index contributed by atoms with van der Waals surface area (Å²) in [6, 6.07) is -2.60. The van der Waals surface area contributed by atoms with E-state index in [1.165, 1.54) is 6.92 Å². The van der Waals surface area contributed by atoms with Gasteiger partial charge in [-0.2, -0.15) is 0 Å². The van der Waals surface area contributed by atoms with Gasteiger partial charge in [0, 0.05) is 72.0 Å². The van der Waals surface area contributed by atoms with Crippen molar-refractivity contribution >= 4 is 64.9 Å². The summed E-state index contributed by atoms with van der Waals surface area (Å²) in [6.45, 7) is 4.07. The van der Waals surface area contributed by atoms with E-state index in [0.29, 0.717) is 32.2 Å². The molecular weight excluding hydrogens is 997 g/mol. The number of aliphatic carboxylic acids is 4. The normalized spacial score (nSPS) is 12.7. The predicted octanol–water partition coefficient (Wildman–Crippen LogP) is 4.96. The van der Waals surface area contributed by atoms with E-state index in [4.69, 9.17) is 24.1 Å². The van der Waals surface area contributed by atoms with Crippen molar-refractivity contribution in [1.82, 2.24) is 21.3 Å². The molecule has 76 heavy (non-hydrogen) atoms. The van der Waals surface area contributed by atoms with Gasteiger partial charge in [0.1, 0.15) is 36.9 Å². The smallest absolute Gasteiger partial charge is 0.326 e. The third-order valence-electron chi connectivity index (χ3n) is 12.4. The lowest BCUT2D eigenvalue weighted by Gasteiger charge is -2.15. The first-order valence-electron chi connectivity index (χ1n) is 27.2. The summed E-state index contributed by atoms with van der Waals surface area (Å²) in [4.78, 5) is 131. The molecular formula is C53H92N4O19. The van der Waals surface area contributed by atoms with Crippen molar-refractivity contribution in [3.63, 3.8) is 0 Å². The summed E-state index contributed by atoms with van der Waals surface area (Å²) in [6.07, 6.45) is 13.9. The zero-order valence-electron chi connectivity index (χ0n) is 45.2. The molecule has 0 heterocycles. The monoisotopic (exact) mass is 1090 g/mol. The van der Waals surface area contributed by atoms with E-state index in [0.717, 1.165) is 77.0 Å². The quantitative estimate of drug-likeness (QED) is 0.0373. The Labute approximate surface area is 449 Å². The molecule has 0 aliphatic rings. The minimum atomic E-state index is -1.42. The Morgan fingerprint density at radius 3 is 1.45 bits per heavy atom. The van der Waals surface area contributed by atoms with Crippen molar-refractivity contribution in [2.45, 2.75) is 193 Å². The van der Waals surface area contributed by atoms with Gasteiger partial charge in [-0.05, 0) is 58.3 Å². The van der Waals surface area contributed by atoms with Gasteiger partial charge in [-0.1, -0.05) is 77.6 Å². The van der Waals surface area contributed by atoms with Gasteiger partial charge in [0.05, 0.1) is 39.0 Å². The maximum atomic E-state index is 12.6. The molecule has 0 spiro atoms. The van der Waals surface area contributed by atoms with Crippen molar-refractivity contribution in [2.75, 3.05) is 65.9 Å². The fraction of sp³-hybridized carbons (Fsp3) is 0.792. The molecule has 438 valence electrons. The second kappa shape index (κ2) is 46.9. The number of hydrogen-bond donors (Lipinski definition) is 8. The van der Waals surface area contributed by atoms with Crippen LogP contribution in [0.3, 0.4) is 0 Å². The molecule has 0 bridgehead atoms. The minimum absolute atomic E-state index is 0. The molecule has 0 aliphatic heterocycles. The van der Waals surface area contributed by atoms with E-state index >= 15 is 0 Å². The Balaban J connectivity index is 0. The van der Waals surface area contributed by atoms with E-state index in [2.05, 4.69) is 21.3 Å². The number of ether oxygens (including phenoxy) is 4. The van der Waals surface area contributed by atoms with Crippen molar-refractivity contribution in [3.8, 4) is 0 Å². The molecule has 4 atom stereocenters. The largest absolute Gasteiger partial charge is 0.481 e. The number of carboxylic acid groups (broad SMARTS) is 4. The van der Waals surface area contributed by atoms with Gasteiger partial charge in [0.25, 0.3) is 0 Å². The molecule has 0 fully saturated rings. The number of amides is 4.